The van der Waals surface area contributed by atoms with Gasteiger partial charge in [0.25, 0.3) is 0 Å². The second-order valence-electron chi connectivity index (χ2n) is 5.00. The lowest BCUT2D eigenvalue weighted by atomic mass is 9.93. The molecule has 1 aromatic carbocycles. The van der Waals surface area contributed by atoms with Crippen LogP contribution >= 0.6 is 0 Å². The lowest BCUT2D eigenvalue weighted by Gasteiger charge is -2.16. The third-order valence-electron chi connectivity index (χ3n) is 3.41. The van der Waals surface area contributed by atoms with Crippen LogP contribution in [-0.2, 0) is 9.59 Å². The molecule has 0 aliphatic carbocycles. The van der Waals surface area contributed by atoms with Crippen molar-refractivity contribution in [3.8, 4) is 0 Å². The normalized spacial score (nSPS) is 11.7. The lowest BCUT2D eigenvalue weighted by Crippen LogP contribution is -2.36. The van der Waals surface area contributed by atoms with Crippen LogP contribution in [0.3, 0.4) is 0 Å². The summed E-state index contributed by atoms with van der Waals surface area (Å²) < 4.78 is 4.56. The van der Waals surface area contributed by atoms with Crippen molar-refractivity contribution in [2.24, 2.45) is 0 Å². The molecule has 7 nitrogen and oxygen atoms in total. The van der Waals surface area contributed by atoms with Gasteiger partial charge in [-0.1, -0.05) is 35.5 Å². The number of hydrogen-bond donors (Lipinski definition) is 3. The summed E-state index contributed by atoms with van der Waals surface area (Å²) in [7, 11) is 0. The van der Waals surface area contributed by atoms with Crippen LogP contribution < -0.4 is 10.6 Å². The molecule has 0 saturated carbocycles. The highest BCUT2D eigenvalue weighted by Gasteiger charge is 2.16. The molecule has 7 heteroatoms. The number of amides is 2. The molecule has 23 heavy (non-hydrogen) atoms. The van der Waals surface area contributed by atoms with E-state index in [9.17, 15) is 14.7 Å². The van der Waals surface area contributed by atoms with Crippen LogP contribution in [-0.4, -0.2) is 35.2 Å². The number of aliphatic hydroxyl groups excluding tert-OH is 1. The molecule has 2 rings (SSSR count). The van der Waals surface area contributed by atoms with E-state index in [1.165, 1.54) is 12.3 Å². The van der Waals surface area contributed by atoms with Crippen LogP contribution in [0.1, 0.15) is 24.3 Å². The first-order chi connectivity index (χ1) is 11.2. The first-order valence-electron chi connectivity index (χ1n) is 7.36. The molecule has 0 bridgehead atoms. The van der Waals surface area contributed by atoms with Crippen LogP contribution in [0.15, 0.2) is 47.2 Å². The van der Waals surface area contributed by atoms with Gasteiger partial charge in [0.1, 0.15) is 6.26 Å². The number of hydrogen-bond acceptors (Lipinski definition) is 5. The largest absolute Gasteiger partial charge is 0.396 e. The standard InChI is InChI=1S/C16H19N3O4/c20-10-7-13(12-4-2-1-3-5-12)6-9-17-15(21)16(22)18-14-8-11-23-19-14/h1-5,8,11,13,20H,6-7,9-10H2,(H,17,21)(H,18,19,22)/t13-/m1/s1. The summed E-state index contributed by atoms with van der Waals surface area (Å²) in [6, 6.07) is 11.2. The van der Waals surface area contributed by atoms with Gasteiger partial charge in [0.05, 0.1) is 0 Å². The average molecular weight is 317 g/mol. The van der Waals surface area contributed by atoms with E-state index < -0.39 is 11.8 Å². The van der Waals surface area contributed by atoms with E-state index in [0.717, 1.165) is 5.56 Å². The Morgan fingerprint density at radius 3 is 2.57 bits per heavy atom. The molecular weight excluding hydrogens is 298 g/mol. The van der Waals surface area contributed by atoms with Crippen LogP contribution in [0.5, 0.6) is 0 Å². The zero-order valence-electron chi connectivity index (χ0n) is 12.6. The minimum atomic E-state index is -0.794. The highest BCUT2D eigenvalue weighted by molar-refractivity contribution is 6.39. The fraction of sp³-hybridized carbons (Fsp3) is 0.312. The lowest BCUT2D eigenvalue weighted by molar-refractivity contribution is -0.136. The maximum atomic E-state index is 11.7. The molecule has 0 radical (unpaired) electrons. The number of carbonyl (C=O) groups excluding carboxylic acids is 2. The second-order valence-corrected chi connectivity index (χ2v) is 5.00. The van der Waals surface area contributed by atoms with Gasteiger partial charge < -0.3 is 14.9 Å². The molecule has 0 saturated heterocycles. The van der Waals surface area contributed by atoms with E-state index in [4.69, 9.17) is 0 Å². The van der Waals surface area contributed by atoms with Crippen LogP contribution in [0, 0.1) is 0 Å². The summed E-state index contributed by atoms with van der Waals surface area (Å²) >= 11 is 0. The Bertz CT molecular complexity index is 614. The molecule has 1 heterocycles. The highest BCUT2D eigenvalue weighted by atomic mass is 16.5. The third-order valence-corrected chi connectivity index (χ3v) is 3.41. The van der Waals surface area contributed by atoms with Gasteiger partial charge in [-0.25, -0.2) is 0 Å². The summed E-state index contributed by atoms with van der Waals surface area (Å²) in [4.78, 5) is 23.4. The third kappa shape index (κ3) is 5.23. The molecule has 0 spiro atoms. The molecular formula is C16H19N3O4. The first kappa shape index (κ1) is 16.7. The average Bonchev–Trinajstić information content (AvgIpc) is 3.07. The van der Waals surface area contributed by atoms with Crippen LogP contribution in [0.4, 0.5) is 5.82 Å². The van der Waals surface area contributed by atoms with Gasteiger partial charge in [-0.15, -0.1) is 0 Å². The fourth-order valence-electron chi connectivity index (χ4n) is 2.25. The fourth-order valence-corrected chi connectivity index (χ4v) is 2.25. The smallest absolute Gasteiger partial charge is 0.314 e. The van der Waals surface area contributed by atoms with Gasteiger partial charge in [0.2, 0.25) is 0 Å². The Hall–Kier alpha value is -2.67. The number of carbonyl (C=O) groups is 2. The van der Waals surface area contributed by atoms with Crippen molar-refractivity contribution < 1.29 is 19.2 Å². The highest BCUT2D eigenvalue weighted by Crippen LogP contribution is 2.22. The molecule has 122 valence electrons. The van der Waals surface area contributed by atoms with E-state index >= 15 is 0 Å². The maximum absolute atomic E-state index is 11.7. The Labute approximate surface area is 133 Å². The summed E-state index contributed by atoms with van der Waals surface area (Å²) in [5, 5.41) is 17.6. The Morgan fingerprint density at radius 2 is 1.91 bits per heavy atom. The monoisotopic (exact) mass is 317 g/mol. The van der Waals surface area contributed by atoms with Crippen molar-refractivity contribution >= 4 is 17.6 Å². The molecule has 0 fully saturated rings. The molecule has 0 unspecified atom stereocenters. The molecule has 0 aliphatic rings. The molecule has 3 N–H and O–H groups in total. The van der Waals surface area contributed by atoms with Gasteiger partial charge in [-0.05, 0) is 24.3 Å². The number of benzene rings is 1. The zero-order valence-corrected chi connectivity index (χ0v) is 12.6. The Morgan fingerprint density at radius 1 is 1.13 bits per heavy atom. The first-order valence-corrected chi connectivity index (χ1v) is 7.36. The van der Waals surface area contributed by atoms with Crippen molar-refractivity contribution in [3.63, 3.8) is 0 Å². The number of anilines is 1. The van der Waals surface area contributed by atoms with Gasteiger partial charge in [-0.2, -0.15) is 0 Å². The summed E-state index contributed by atoms with van der Waals surface area (Å²) in [5.41, 5.74) is 1.10. The van der Waals surface area contributed by atoms with E-state index in [-0.39, 0.29) is 18.3 Å². The Balaban J connectivity index is 1.80. The van der Waals surface area contributed by atoms with Gasteiger partial charge >= 0.3 is 11.8 Å². The number of nitrogens with zero attached hydrogens (tertiary/aromatic N) is 1. The minimum Gasteiger partial charge on any atom is -0.396 e. The molecule has 1 atom stereocenters. The number of nitrogens with one attached hydrogen (secondary N) is 2. The van der Waals surface area contributed by atoms with Crippen molar-refractivity contribution in [2.45, 2.75) is 18.8 Å². The van der Waals surface area contributed by atoms with Crippen molar-refractivity contribution in [2.75, 3.05) is 18.5 Å². The van der Waals surface area contributed by atoms with E-state index in [1.54, 1.807) is 0 Å². The predicted molar refractivity (Wildman–Crippen MR) is 83.6 cm³/mol. The van der Waals surface area contributed by atoms with Crippen molar-refractivity contribution in [3.05, 3.63) is 48.2 Å². The Kier molecular flexibility index (Phi) is 6.31. The molecule has 2 amide bonds. The maximum Gasteiger partial charge on any atom is 0.314 e. The summed E-state index contributed by atoms with van der Waals surface area (Å²) in [5.74, 6) is -1.21. The zero-order chi connectivity index (χ0) is 16.5. The second kappa shape index (κ2) is 8.70. The summed E-state index contributed by atoms with van der Waals surface area (Å²) in [6.07, 6.45) is 2.53. The molecule has 1 aromatic heterocycles. The van der Waals surface area contributed by atoms with E-state index in [0.29, 0.717) is 19.4 Å². The summed E-state index contributed by atoms with van der Waals surface area (Å²) in [6.45, 7) is 0.408. The van der Waals surface area contributed by atoms with Gasteiger partial charge in [-0.3, -0.25) is 14.9 Å². The van der Waals surface area contributed by atoms with Gasteiger partial charge in [0.15, 0.2) is 5.82 Å². The topological polar surface area (TPSA) is 104 Å². The van der Waals surface area contributed by atoms with Gasteiger partial charge in [0, 0.05) is 19.2 Å². The van der Waals surface area contributed by atoms with E-state index in [1.807, 2.05) is 30.3 Å². The van der Waals surface area contributed by atoms with Crippen LogP contribution in [0.25, 0.3) is 0 Å². The van der Waals surface area contributed by atoms with E-state index in [2.05, 4.69) is 20.3 Å². The van der Waals surface area contributed by atoms with Crippen molar-refractivity contribution in [1.29, 1.82) is 0 Å². The number of aliphatic hydroxyl groups is 1. The number of rotatable bonds is 7. The van der Waals surface area contributed by atoms with Crippen LogP contribution in [0.2, 0.25) is 0 Å². The number of aromatic nitrogens is 1. The minimum absolute atomic E-state index is 0.0696. The van der Waals surface area contributed by atoms with Crippen molar-refractivity contribution in [1.82, 2.24) is 10.5 Å². The molecule has 2 aromatic rings. The quantitative estimate of drug-likeness (QED) is 0.667. The predicted octanol–water partition coefficient (Wildman–Crippen LogP) is 1.29. The molecule has 0 aliphatic heterocycles. The SMILES string of the molecule is O=C(NCC[C@H](CCO)c1ccccc1)C(=O)Nc1ccon1.